The van der Waals surface area contributed by atoms with Gasteiger partial charge in [0.05, 0.1) is 19.8 Å². The van der Waals surface area contributed by atoms with Crippen LogP contribution >= 0.6 is 0 Å². The molecular weight excluding hydrogens is 285 g/mol. The topological polar surface area (TPSA) is 41.9 Å². The molecule has 5 heteroatoms. The van der Waals surface area contributed by atoms with Crippen LogP contribution in [-0.4, -0.2) is 50.0 Å². The third-order valence-corrected chi connectivity index (χ3v) is 4.47. The number of hydrogen-bond acceptors (Lipinski definition) is 4. The van der Waals surface area contributed by atoms with Gasteiger partial charge in [0.15, 0.2) is 0 Å². The molecule has 0 amide bonds. The van der Waals surface area contributed by atoms with Crippen molar-refractivity contribution in [3.63, 3.8) is 0 Å². The van der Waals surface area contributed by atoms with Gasteiger partial charge in [0.25, 0.3) is 0 Å². The van der Waals surface area contributed by atoms with E-state index in [1.165, 1.54) is 0 Å². The molecule has 1 heterocycles. The van der Waals surface area contributed by atoms with Crippen LogP contribution in [0.2, 0.25) is 0 Å². The minimum absolute atomic E-state index is 0.452. The van der Waals surface area contributed by atoms with Crippen molar-refractivity contribution in [3.8, 4) is 11.5 Å². The average Bonchev–Trinajstić information content (AvgIpc) is 2.56. The zero-order chi connectivity index (χ0) is 16.2. The van der Waals surface area contributed by atoms with Crippen LogP contribution in [-0.2, 0) is 5.60 Å². The fraction of sp³-hybridized carbons (Fsp3) is 0.647. The number of benzene rings is 1. The molecule has 1 atom stereocenters. The molecule has 1 aromatic rings. The molecule has 2 rings (SSSR count). The fourth-order valence-corrected chi connectivity index (χ4v) is 2.88. The van der Waals surface area contributed by atoms with E-state index in [0.717, 1.165) is 5.56 Å². The van der Waals surface area contributed by atoms with Gasteiger partial charge in [0, 0.05) is 25.7 Å². The fourth-order valence-electron chi connectivity index (χ4n) is 2.88. The summed E-state index contributed by atoms with van der Waals surface area (Å²) in [5.74, 6) is 1.33. The van der Waals surface area contributed by atoms with E-state index in [1.807, 2.05) is 19.1 Å². The summed E-state index contributed by atoms with van der Waals surface area (Å²) in [5, 5.41) is 11.0. The third kappa shape index (κ3) is 3.90. The van der Waals surface area contributed by atoms with E-state index in [4.69, 9.17) is 9.47 Å². The van der Waals surface area contributed by atoms with Gasteiger partial charge in [-0.2, -0.15) is 0 Å². The Morgan fingerprint density at radius 3 is 2.18 bits per heavy atom. The SMILES string of the molecule is CCC(F)CN1CCC(O)(c2cc(OC)cc(OC)c2)CC1. The molecule has 1 N–H and O–H groups in total. The molecule has 0 bridgehead atoms. The van der Waals surface area contributed by atoms with E-state index >= 15 is 0 Å². The van der Waals surface area contributed by atoms with Gasteiger partial charge < -0.3 is 19.5 Å². The van der Waals surface area contributed by atoms with Crippen molar-refractivity contribution in [3.05, 3.63) is 23.8 Å². The lowest BCUT2D eigenvalue weighted by molar-refractivity contribution is -0.0303. The monoisotopic (exact) mass is 311 g/mol. The Hall–Kier alpha value is -1.33. The first-order chi connectivity index (χ1) is 10.5. The first-order valence-electron chi connectivity index (χ1n) is 7.83. The number of methoxy groups -OCH3 is 2. The number of ether oxygens (including phenoxy) is 2. The molecule has 1 fully saturated rings. The van der Waals surface area contributed by atoms with Crippen molar-refractivity contribution >= 4 is 0 Å². The van der Waals surface area contributed by atoms with Crippen molar-refractivity contribution < 1.29 is 19.0 Å². The van der Waals surface area contributed by atoms with Gasteiger partial charge in [0.2, 0.25) is 0 Å². The molecule has 0 spiro atoms. The van der Waals surface area contributed by atoms with Gasteiger partial charge in [-0.3, -0.25) is 0 Å². The Morgan fingerprint density at radius 2 is 1.73 bits per heavy atom. The maximum absolute atomic E-state index is 13.5. The molecule has 1 aliphatic rings. The highest BCUT2D eigenvalue weighted by molar-refractivity contribution is 5.41. The van der Waals surface area contributed by atoms with Crippen molar-refractivity contribution in [1.82, 2.24) is 4.90 Å². The molecule has 4 nitrogen and oxygen atoms in total. The predicted octanol–water partition coefficient (Wildman–Crippen LogP) is 2.74. The second-order valence-electron chi connectivity index (χ2n) is 5.94. The van der Waals surface area contributed by atoms with Gasteiger partial charge in [-0.15, -0.1) is 0 Å². The lowest BCUT2D eigenvalue weighted by Gasteiger charge is -2.39. The summed E-state index contributed by atoms with van der Waals surface area (Å²) < 4.78 is 24.0. The summed E-state index contributed by atoms with van der Waals surface area (Å²) in [6, 6.07) is 5.49. The van der Waals surface area contributed by atoms with Crippen LogP contribution in [0.5, 0.6) is 11.5 Å². The van der Waals surface area contributed by atoms with E-state index in [2.05, 4.69) is 4.90 Å². The zero-order valence-corrected chi connectivity index (χ0v) is 13.6. The van der Waals surface area contributed by atoms with Crippen LogP contribution in [0.3, 0.4) is 0 Å². The van der Waals surface area contributed by atoms with Gasteiger partial charge >= 0.3 is 0 Å². The number of nitrogens with zero attached hydrogens (tertiary/aromatic N) is 1. The number of piperidine rings is 1. The summed E-state index contributed by atoms with van der Waals surface area (Å²) in [4.78, 5) is 2.08. The molecule has 0 saturated carbocycles. The Balaban J connectivity index is 2.09. The molecule has 1 unspecified atom stereocenters. The number of rotatable bonds is 6. The second-order valence-corrected chi connectivity index (χ2v) is 5.94. The highest BCUT2D eigenvalue weighted by Crippen LogP contribution is 2.37. The van der Waals surface area contributed by atoms with Crippen LogP contribution in [0.4, 0.5) is 4.39 Å². The van der Waals surface area contributed by atoms with Crippen LogP contribution in [0.1, 0.15) is 31.7 Å². The second kappa shape index (κ2) is 7.29. The normalized spacial score (nSPS) is 19.7. The average molecular weight is 311 g/mol. The van der Waals surface area contributed by atoms with E-state index in [0.29, 0.717) is 50.4 Å². The lowest BCUT2D eigenvalue weighted by Crippen LogP contribution is -2.44. The highest BCUT2D eigenvalue weighted by Gasteiger charge is 2.35. The molecule has 1 aliphatic heterocycles. The van der Waals surface area contributed by atoms with Gasteiger partial charge in [-0.05, 0) is 37.0 Å². The minimum Gasteiger partial charge on any atom is -0.497 e. The molecule has 1 saturated heterocycles. The molecule has 124 valence electrons. The first kappa shape index (κ1) is 17.0. The summed E-state index contributed by atoms with van der Waals surface area (Å²) >= 11 is 0. The van der Waals surface area contributed by atoms with E-state index in [-0.39, 0.29) is 0 Å². The maximum atomic E-state index is 13.5. The van der Waals surface area contributed by atoms with E-state index < -0.39 is 11.8 Å². The Kier molecular flexibility index (Phi) is 5.64. The lowest BCUT2D eigenvalue weighted by atomic mass is 9.84. The third-order valence-electron chi connectivity index (χ3n) is 4.47. The molecule has 22 heavy (non-hydrogen) atoms. The quantitative estimate of drug-likeness (QED) is 0.877. The summed E-state index contributed by atoms with van der Waals surface area (Å²) in [5.41, 5.74) is -0.105. The summed E-state index contributed by atoms with van der Waals surface area (Å²) in [7, 11) is 3.19. The van der Waals surface area contributed by atoms with Crippen molar-refractivity contribution in [2.75, 3.05) is 33.9 Å². The predicted molar refractivity (Wildman–Crippen MR) is 84.3 cm³/mol. The number of hydrogen-bond donors (Lipinski definition) is 1. The van der Waals surface area contributed by atoms with Crippen LogP contribution < -0.4 is 9.47 Å². The Bertz CT molecular complexity index is 465. The summed E-state index contributed by atoms with van der Waals surface area (Å²) in [6.45, 7) is 3.69. The van der Waals surface area contributed by atoms with Crippen molar-refractivity contribution in [1.29, 1.82) is 0 Å². The van der Waals surface area contributed by atoms with Gasteiger partial charge in [0.1, 0.15) is 17.7 Å². The standard InChI is InChI=1S/C17H26FNO3/c1-4-14(18)12-19-7-5-17(20,6-8-19)13-9-15(21-2)11-16(10-13)22-3/h9-11,14,20H,4-8,12H2,1-3H3. The number of halogens is 1. The maximum Gasteiger partial charge on any atom is 0.122 e. The Morgan fingerprint density at radius 1 is 1.18 bits per heavy atom. The van der Waals surface area contributed by atoms with Gasteiger partial charge in [-0.1, -0.05) is 6.92 Å². The molecule has 0 aliphatic carbocycles. The number of likely N-dealkylation sites (tertiary alicyclic amines) is 1. The van der Waals surface area contributed by atoms with Crippen LogP contribution in [0.25, 0.3) is 0 Å². The first-order valence-corrected chi connectivity index (χ1v) is 7.83. The Labute approximate surface area is 131 Å². The number of aliphatic hydroxyl groups is 1. The smallest absolute Gasteiger partial charge is 0.122 e. The largest absolute Gasteiger partial charge is 0.497 e. The minimum atomic E-state index is -0.906. The van der Waals surface area contributed by atoms with Crippen molar-refractivity contribution in [2.45, 2.75) is 38.0 Å². The van der Waals surface area contributed by atoms with Gasteiger partial charge in [-0.25, -0.2) is 4.39 Å². The van der Waals surface area contributed by atoms with E-state index in [9.17, 15) is 9.50 Å². The molecular formula is C17H26FNO3. The highest BCUT2D eigenvalue weighted by atomic mass is 19.1. The van der Waals surface area contributed by atoms with E-state index in [1.54, 1.807) is 20.3 Å². The number of alkyl halides is 1. The molecule has 1 aromatic carbocycles. The summed E-state index contributed by atoms with van der Waals surface area (Å²) in [6.07, 6.45) is 0.913. The van der Waals surface area contributed by atoms with Crippen LogP contribution in [0, 0.1) is 0 Å². The van der Waals surface area contributed by atoms with Crippen LogP contribution in [0.15, 0.2) is 18.2 Å². The molecule has 0 aromatic heterocycles. The van der Waals surface area contributed by atoms with Crippen molar-refractivity contribution in [2.24, 2.45) is 0 Å². The zero-order valence-electron chi connectivity index (χ0n) is 13.6. The molecule has 0 radical (unpaired) electrons.